The third kappa shape index (κ3) is 10.6. The third-order valence-corrected chi connectivity index (χ3v) is 14.4. The maximum absolute atomic E-state index is 15.2. The molecule has 15 nitrogen and oxygen atoms in total. The van der Waals surface area contributed by atoms with E-state index in [1.807, 2.05) is 41.9 Å². The van der Waals surface area contributed by atoms with Crippen LogP contribution in [0.5, 0.6) is 0 Å². The summed E-state index contributed by atoms with van der Waals surface area (Å²) in [5.41, 5.74) is 4.52. The van der Waals surface area contributed by atoms with Crippen LogP contribution in [-0.4, -0.2) is 146 Å². The Morgan fingerprint density at radius 3 is 2.36 bits per heavy atom. The van der Waals surface area contributed by atoms with Crippen molar-refractivity contribution in [2.45, 2.75) is 83.0 Å². The minimum atomic E-state index is -3.15. The lowest BCUT2D eigenvalue weighted by atomic mass is 9.96. The lowest BCUT2D eigenvalue weighted by Crippen LogP contribution is -2.49. The van der Waals surface area contributed by atoms with Gasteiger partial charge in [-0.05, 0) is 104 Å². The molecule has 5 aromatic rings. The largest absolute Gasteiger partial charge is 0.377 e. The highest BCUT2D eigenvalue weighted by Crippen LogP contribution is 2.33. The predicted octanol–water partition coefficient (Wildman–Crippen LogP) is 4.94. The number of aryl methyl sites for hydroxylation is 1. The molecule has 3 saturated heterocycles. The minimum absolute atomic E-state index is 0.137. The Bertz CT molecular complexity index is 2600. The van der Waals surface area contributed by atoms with Crippen LogP contribution in [0.15, 0.2) is 72.0 Å². The second kappa shape index (κ2) is 20.3. The Kier molecular flexibility index (Phi) is 14.1. The number of carbonyl (C=O) groups excluding carboxylic acids is 3. The Morgan fingerprint density at radius 2 is 1.64 bits per heavy atom. The van der Waals surface area contributed by atoms with Crippen molar-refractivity contribution in [3.05, 3.63) is 111 Å². The van der Waals surface area contributed by atoms with Gasteiger partial charge in [0.2, 0.25) is 0 Å². The zero-order valence-electron chi connectivity index (χ0n) is 38.6. The molecule has 0 spiro atoms. The minimum Gasteiger partial charge on any atom is -0.377 e. The molecule has 1 amide bonds. The first kappa shape index (κ1) is 46.5. The summed E-state index contributed by atoms with van der Waals surface area (Å²) in [6.07, 6.45) is 11.8. The Labute approximate surface area is 389 Å². The highest BCUT2D eigenvalue weighted by molar-refractivity contribution is 6.00. The van der Waals surface area contributed by atoms with E-state index in [4.69, 9.17) is 4.74 Å². The van der Waals surface area contributed by atoms with E-state index in [0.29, 0.717) is 55.3 Å². The lowest BCUT2D eigenvalue weighted by Gasteiger charge is -2.39. The first-order chi connectivity index (χ1) is 32.4. The molecule has 4 aliphatic rings. The number of hydrogen-bond acceptors (Lipinski definition) is 11. The molecule has 3 aromatic heterocycles. The molecule has 17 heteroatoms. The summed E-state index contributed by atoms with van der Waals surface area (Å²) in [6, 6.07) is 14.5. The molecule has 3 fully saturated rings. The van der Waals surface area contributed by atoms with Crippen molar-refractivity contribution >= 4 is 29.7 Å². The van der Waals surface area contributed by atoms with Gasteiger partial charge in [0.15, 0.2) is 0 Å². The van der Waals surface area contributed by atoms with Gasteiger partial charge in [0.25, 0.3) is 11.8 Å². The summed E-state index contributed by atoms with van der Waals surface area (Å²) in [5.74, 6) is -1.84. The molecule has 2 aromatic carbocycles. The van der Waals surface area contributed by atoms with Gasteiger partial charge in [0, 0.05) is 121 Å². The highest BCUT2D eigenvalue weighted by atomic mass is 19.3. The van der Waals surface area contributed by atoms with Gasteiger partial charge >= 0.3 is 5.69 Å². The summed E-state index contributed by atoms with van der Waals surface area (Å²) in [7, 11) is 1.87. The van der Waals surface area contributed by atoms with Gasteiger partial charge in [-0.3, -0.25) is 23.6 Å². The lowest BCUT2D eigenvalue weighted by molar-refractivity contribution is -0.112. The van der Waals surface area contributed by atoms with E-state index in [9.17, 15) is 19.2 Å². The van der Waals surface area contributed by atoms with Crippen molar-refractivity contribution < 1.29 is 27.9 Å². The van der Waals surface area contributed by atoms with Crippen molar-refractivity contribution in [2.24, 2.45) is 13.0 Å². The van der Waals surface area contributed by atoms with Crippen LogP contribution in [0.2, 0.25) is 0 Å². The second-order valence-electron chi connectivity index (χ2n) is 19.0. The van der Waals surface area contributed by atoms with Crippen molar-refractivity contribution in [3.63, 3.8) is 0 Å². The zero-order valence-corrected chi connectivity index (χ0v) is 38.6. The van der Waals surface area contributed by atoms with Crippen LogP contribution in [0.25, 0.3) is 11.2 Å². The molecule has 0 radical (unpaired) electrons. The number of imidazole rings is 1. The topological polar surface area (TPSA) is 134 Å². The van der Waals surface area contributed by atoms with Gasteiger partial charge in [0.1, 0.15) is 24.7 Å². The van der Waals surface area contributed by atoms with Crippen LogP contribution in [0, 0.1) is 5.92 Å². The molecule has 0 bridgehead atoms. The van der Waals surface area contributed by atoms with Crippen molar-refractivity contribution in [1.29, 1.82) is 0 Å². The summed E-state index contributed by atoms with van der Waals surface area (Å²) in [5, 5.41) is 8.11. The number of nitrogens with zero attached hydrogens (tertiary/aromatic N) is 10. The number of halogens is 2. The number of carbonyl (C=O) groups is 3. The van der Waals surface area contributed by atoms with Crippen LogP contribution in [-0.2, 0) is 46.8 Å². The van der Waals surface area contributed by atoms with Crippen LogP contribution in [0.4, 0.5) is 14.5 Å². The summed E-state index contributed by atoms with van der Waals surface area (Å²) < 4.78 is 41.4. The Morgan fingerprint density at radius 1 is 0.866 bits per heavy atom. The van der Waals surface area contributed by atoms with Crippen LogP contribution in [0.1, 0.15) is 83.9 Å². The number of ether oxygens (including phenoxy) is 1. The van der Waals surface area contributed by atoms with E-state index in [1.165, 1.54) is 28.0 Å². The fourth-order valence-electron chi connectivity index (χ4n) is 10.5. The molecular formula is C50H62F2N10O5. The normalized spacial score (nSPS) is 18.8. The number of fused-ring (bicyclic) bond motifs is 2. The SMILES string of the molecule is Cn1cnnc1Cc1cccc(-n2cc3c(C(C)(F)F)cc(CN4CCC(OCCN5CCC(CN6CCN(c7ccc8c(c7)CN(C(C=O)CCC=O)C8=O)CC6)CC5)CC4)cn3c2=O)c1. The number of pyridine rings is 1. The number of hydrogen-bond donors (Lipinski definition) is 0. The Balaban J connectivity index is 0.697. The molecule has 0 N–H and O–H groups in total. The quantitative estimate of drug-likeness (QED) is 0.111. The zero-order chi connectivity index (χ0) is 46.7. The molecule has 9 rings (SSSR count). The first-order valence-corrected chi connectivity index (χ1v) is 23.9. The number of benzene rings is 2. The van der Waals surface area contributed by atoms with E-state index >= 15 is 8.78 Å². The van der Waals surface area contributed by atoms with E-state index in [0.717, 1.165) is 120 Å². The van der Waals surface area contributed by atoms with Crippen molar-refractivity contribution in [3.8, 4) is 5.69 Å². The third-order valence-electron chi connectivity index (χ3n) is 14.4. The predicted molar refractivity (Wildman–Crippen MR) is 250 cm³/mol. The number of aromatic nitrogens is 5. The second-order valence-corrected chi connectivity index (χ2v) is 19.0. The standard InChI is InChI=1S/C50H62F2N10O5/c1-50(51,52)45-26-38(31-62-46(45)33-61(49(62)66)41-6-3-5-37(25-41)27-47-54-53-35-55(47)2)30-57-16-12-43(13-17-57)67-24-22-56-14-10-36(11-15-56)29-58-18-20-59(21-19-58)40-8-9-44-39(28-40)32-60(48(44)65)42(34-64)7-4-23-63/h3,5-6,8-9,23,25-26,28,31,33-36,42-43H,4,7,10-22,24,27,29-30,32H2,1-2H3. The van der Waals surface area contributed by atoms with Gasteiger partial charge in [-0.25, -0.2) is 13.6 Å². The molecule has 0 aliphatic carbocycles. The average Bonchev–Trinajstić information content (AvgIpc) is 4.00. The van der Waals surface area contributed by atoms with Crippen LogP contribution >= 0.6 is 0 Å². The molecule has 7 heterocycles. The fraction of sp³-hybridized carbons (Fsp3) is 0.520. The molecule has 4 aliphatic heterocycles. The number of amides is 1. The maximum Gasteiger partial charge on any atom is 0.337 e. The summed E-state index contributed by atoms with van der Waals surface area (Å²) in [4.78, 5) is 60.7. The number of alkyl halides is 2. The number of piperazine rings is 1. The number of rotatable bonds is 18. The van der Waals surface area contributed by atoms with E-state index in [1.54, 1.807) is 29.6 Å². The molecule has 1 atom stereocenters. The van der Waals surface area contributed by atoms with Crippen molar-refractivity contribution in [2.75, 3.05) is 77.0 Å². The van der Waals surface area contributed by atoms with Crippen LogP contribution < -0.4 is 10.6 Å². The van der Waals surface area contributed by atoms with Gasteiger partial charge in [0.05, 0.1) is 30.0 Å². The molecule has 0 saturated carbocycles. The van der Waals surface area contributed by atoms with Crippen LogP contribution in [0.3, 0.4) is 0 Å². The Hall–Kier alpha value is -5.62. The van der Waals surface area contributed by atoms with Gasteiger partial charge in [-0.15, -0.1) is 10.2 Å². The maximum atomic E-state index is 15.2. The smallest absolute Gasteiger partial charge is 0.337 e. The van der Waals surface area contributed by atoms with Crippen molar-refractivity contribution in [1.82, 2.24) is 43.3 Å². The fourth-order valence-corrected chi connectivity index (χ4v) is 10.5. The molecule has 1 unspecified atom stereocenters. The summed E-state index contributed by atoms with van der Waals surface area (Å²) >= 11 is 0. The van der Waals surface area contributed by atoms with E-state index < -0.39 is 17.7 Å². The average molecular weight is 921 g/mol. The van der Waals surface area contributed by atoms with E-state index in [-0.39, 0.29) is 29.5 Å². The van der Waals surface area contributed by atoms with Gasteiger partial charge in [-0.1, -0.05) is 12.1 Å². The molecular weight excluding hydrogens is 859 g/mol. The molecule has 356 valence electrons. The number of piperidine rings is 2. The number of likely N-dealkylation sites (tertiary alicyclic amines) is 2. The number of anilines is 1. The van der Waals surface area contributed by atoms with E-state index in [2.05, 4.69) is 35.9 Å². The summed E-state index contributed by atoms with van der Waals surface area (Å²) in [6.45, 7) is 12.0. The number of aldehydes is 2. The monoisotopic (exact) mass is 920 g/mol. The van der Waals surface area contributed by atoms with Gasteiger partial charge in [-0.2, -0.15) is 0 Å². The molecule has 67 heavy (non-hydrogen) atoms. The highest BCUT2D eigenvalue weighted by Gasteiger charge is 2.34. The first-order valence-electron chi connectivity index (χ1n) is 23.9. The van der Waals surface area contributed by atoms with Gasteiger partial charge < -0.3 is 33.6 Å².